The third-order valence-electron chi connectivity index (χ3n) is 4.58. The summed E-state index contributed by atoms with van der Waals surface area (Å²) in [6, 6.07) is 19.2. The highest BCUT2D eigenvalue weighted by atomic mass is 35.5. The van der Waals surface area contributed by atoms with Gasteiger partial charge in [-0.1, -0.05) is 28.9 Å². The highest BCUT2D eigenvalue weighted by molar-refractivity contribution is 6.30. The van der Waals surface area contributed by atoms with E-state index in [0.717, 1.165) is 0 Å². The predicted octanol–water partition coefficient (Wildman–Crippen LogP) is 5.33. The van der Waals surface area contributed by atoms with Crippen molar-refractivity contribution in [1.82, 2.24) is 10.1 Å². The normalized spacial score (nSPS) is 10.5. The van der Waals surface area contributed by atoms with Gasteiger partial charge in [0.05, 0.1) is 25.5 Å². The Morgan fingerprint density at radius 1 is 0.968 bits per heavy atom. The van der Waals surface area contributed by atoms with Gasteiger partial charge in [-0.15, -0.1) is 0 Å². The molecule has 8 heteroatoms. The number of nitrogens with zero attached hydrogens (tertiary/aromatic N) is 2. The zero-order valence-electron chi connectivity index (χ0n) is 16.8. The molecule has 0 saturated heterocycles. The van der Waals surface area contributed by atoms with Crippen molar-refractivity contribution in [1.29, 1.82) is 0 Å². The van der Waals surface area contributed by atoms with Crippen LogP contribution in [0.1, 0.15) is 10.4 Å². The highest BCUT2D eigenvalue weighted by Crippen LogP contribution is 2.33. The summed E-state index contributed by atoms with van der Waals surface area (Å²) in [6.45, 7) is 0. The van der Waals surface area contributed by atoms with E-state index in [9.17, 15) is 4.79 Å². The average Bonchev–Trinajstić information content (AvgIpc) is 3.29. The fourth-order valence-electron chi connectivity index (χ4n) is 3.00. The molecule has 0 spiro atoms. The van der Waals surface area contributed by atoms with E-state index in [1.165, 1.54) is 0 Å². The van der Waals surface area contributed by atoms with Gasteiger partial charge in [-0.05, 0) is 54.6 Å². The standard InChI is InChI=1S/C23H18ClN3O4/c1-29-19-12-9-15(13-20(19)30-2)21-26-23(31-27-21)17-5-3-4-6-18(17)25-22(28)14-7-10-16(24)11-8-14/h3-13H,1-2H3,(H,25,28). The van der Waals surface area contributed by atoms with Gasteiger partial charge in [0.25, 0.3) is 11.8 Å². The van der Waals surface area contributed by atoms with E-state index in [4.69, 9.17) is 25.6 Å². The summed E-state index contributed by atoms with van der Waals surface area (Å²) in [6.07, 6.45) is 0. The second-order valence-electron chi connectivity index (χ2n) is 6.50. The molecule has 4 rings (SSSR count). The van der Waals surface area contributed by atoms with E-state index in [0.29, 0.717) is 44.7 Å². The molecule has 1 amide bonds. The van der Waals surface area contributed by atoms with Crippen LogP contribution in [-0.2, 0) is 0 Å². The number of anilines is 1. The Kier molecular flexibility index (Phi) is 5.86. The minimum atomic E-state index is -0.274. The van der Waals surface area contributed by atoms with Gasteiger partial charge in [0.2, 0.25) is 5.82 Å². The molecule has 1 heterocycles. The Bertz CT molecular complexity index is 1220. The quantitative estimate of drug-likeness (QED) is 0.440. The van der Waals surface area contributed by atoms with Gasteiger partial charge in [-0.2, -0.15) is 4.98 Å². The number of carbonyl (C=O) groups excluding carboxylic acids is 1. The molecule has 0 aliphatic carbocycles. The molecule has 0 bridgehead atoms. The maximum absolute atomic E-state index is 12.6. The van der Waals surface area contributed by atoms with Crippen molar-refractivity contribution >= 4 is 23.2 Å². The fourth-order valence-corrected chi connectivity index (χ4v) is 3.13. The number of aromatic nitrogens is 2. The average molecular weight is 436 g/mol. The van der Waals surface area contributed by atoms with Crippen LogP contribution in [0.3, 0.4) is 0 Å². The maximum atomic E-state index is 12.6. The maximum Gasteiger partial charge on any atom is 0.260 e. The Balaban J connectivity index is 1.62. The van der Waals surface area contributed by atoms with Crippen molar-refractivity contribution in [2.45, 2.75) is 0 Å². The number of hydrogen-bond donors (Lipinski definition) is 1. The van der Waals surface area contributed by atoms with Crippen molar-refractivity contribution in [2.75, 3.05) is 19.5 Å². The summed E-state index contributed by atoms with van der Waals surface area (Å²) < 4.78 is 16.1. The minimum absolute atomic E-state index is 0.274. The van der Waals surface area contributed by atoms with Gasteiger partial charge < -0.3 is 19.3 Å². The van der Waals surface area contributed by atoms with Gasteiger partial charge in [0.1, 0.15) is 0 Å². The number of methoxy groups -OCH3 is 2. The second kappa shape index (κ2) is 8.89. The van der Waals surface area contributed by atoms with E-state index in [2.05, 4.69) is 15.5 Å². The summed E-state index contributed by atoms with van der Waals surface area (Å²) in [5.74, 6) is 1.54. The van der Waals surface area contributed by atoms with E-state index >= 15 is 0 Å². The number of rotatable bonds is 6. The van der Waals surface area contributed by atoms with E-state index in [-0.39, 0.29) is 11.8 Å². The number of nitrogens with one attached hydrogen (secondary N) is 1. The van der Waals surface area contributed by atoms with Crippen molar-refractivity contribution < 1.29 is 18.8 Å². The topological polar surface area (TPSA) is 86.5 Å². The van der Waals surface area contributed by atoms with Crippen molar-refractivity contribution in [3.8, 4) is 34.3 Å². The van der Waals surface area contributed by atoms with Gasteiger partial charge >= 0.3 is 0 Å². The first-order valence-electron chi connectivity index (χ1n) is 9.31. The number of amides is 1. The molecular weight excluding hydrogens is 418 g/mol. The molecule has 0 aliphatic heterocycles. The Morgan fingerprint density at radius 3 is 2.45 bits per heavy atom. The zero-order chi connectivity index (χ0) is 21.8. The molecule has 1 aromatic heterocycles. The van der Waals surface area contributed by atoms with Crippen LogP contribution >= 0.6 is 11.6 Å². The van der Waals surface area contributed by atoms with Crippen LogP contribution in [0, 0.1) is 0 Å². The smallest absolute Gasteiger partial charge is 0.260 e. The number of halogens is 1. The van der Waals surface area contributed by atoms with Crippen molar-refractivity contribution in [2.24, 2.45) is 0 Å². The third kappa shape index (κ3) is 4.36. The number of benzene rings is 3. The van der Waals surface area contributed by atoms with Crippen LogP contribution < -0.4 is 14.8 Å². The molecule has 4 aromatic rings. The largest absolute Gasteiger partial charge is 0.493 e. The lowest BCUT2D eigenvalue weighted by molar-refractivity contribution is 0.102. The van der Waals surface area contributed by atoms with Crippen molar-refractivity contribution in [3.63, 3.8) is 0 Å². The number of ether oxygens (including phenoxy) is 2. The number of para-hydroxylation sites is 1. The molecule has 7 nitrogen and oxygen atoms in total. The molecule has 0 unspecified atom stereocenters. The molecule has 0 radical (unpaired) electrons. The van der Waals surface area contributed by atoms with Crippen LogP contribution in [0.15, 0.2) is 71.3 Å². The summed E-state index contributed by atoms with van der Waals surface area (Å²) in [7, 11) is 3.13. The summed E-state index contributed by atoms with van der Waals surface area (Å²) in [4.78, 5) is 17.1. The fraction of sp³-hybridized carbons (Fsp3) is 0.0870. The second-order valence-corrected chi connectivity index (χ2v) is 6.94. The molecule has 0 fully saturated rings. The molecule has 31 heavy (non-hydrogen) atoms. The first-order chi connectivity index (χ1) is 15.1. The monoisotopic (exact) mass is 435 g/mol. The number of hydrogen-bond acceptors (Lipinski definition) is 6. The number of carbonyl (C=O) groups is 1. The highest BCUT2D eigenvalue weighted by Gasteiger charge is 2.17. The lowest BCUT2D eigenvalue weighted by Crippen LogP contribution is -2.12. The molecular formula is C23H18ClN3O4. The van der Waals surface area contributed by atoms with E-state index in [1.807, 2.05) is 18.2 Å². The van der Waals surface area contributed by atoms with Gasteiger partial charge in [-0.25, -0.2) is 0 Å². The Morgan fingerprint density at radius 2 is 1.71 bits per heavy atom. The molecule has 0 saturated carbocycles. The van der Waals surface area contributed by atoms with Gasteiger partial charge in [0.15, 0.2) is 11.5 Å². The first-order valence-corrected chi connectivity index (χ1v) is 9.69. The SMILES string of the molecule is COc1ccc(-c2noc(-c3ccccc3NC(=O)c3ccc(Cl)cc3)n2)cc1OC. The zero-order valence-corrected chi connectivity index (χ0v) is 17.5. The molecule has 156 valence electrons. The molecule has 0 aliphatic rings. The van der Waals surface area contributed by atoms with Crippen LogP contribution in [0.4, 0.5) is 5.69 Å². The molecule has 1 N–H and O–H groups in total. The third-order valence-corrected chi connectivity index (χ3v) is 4.83. The van der Waals surface area contributed by atoms with E-state index < -0.39 is 0 Å². The van der Waals surface area contributed by atoms with Crippen molar-refractivity contribution in [3.05, 3.63) is 77.3 Å². The van der Waals surface area contributed by atoms with Crippen LogP contribution in [0.25, 0.3) is 22.8 Å². The van der Waals surface area contributed by atoms with Gasteiger partial charge in [0, 0.05) is 16.1 Å². The lowest BCUT2D eigenvalue weighted by atomic mass is 10.1. The summed E-state index contributed by atoms with van der Waals surface area (Å²) >= 11 is 5.90. The summed E-state index contributed by atoms with van der Waals surface area (Å²) in [5.41, 5.74) is 2.33. The summed E-state index contributed by atoms with van der Waals surface area (Å²) in [5, 5.41) is 7.51. The van der Waals surface area contributed by atoms with Gasteiger partial charge in [-0.3, -0.25) is 4.79 Å². The predicted molar refractivity (Wildman–Crippen MR) is 118 cm³/mol. The lowest BCUT2D eigenvalue weighted by Gasteiger charge is -2.08. The molecule has 3 aromatic carbocycles. The van der Waals surface area contributed by atoms with Crippen LogP contribution in [0.2, 0.25) is 5.02 Å². The minimum Gasteiger partial charge on any atom is -0.493 e. The Hall–Kier alpha value is -3.84. The van der Waals surface area contributed by atoms with Crippen LogP contribution in [-0.4, -0.2) is 30.3 Å². The first kappa shape index (κ1) is 20.4. The van der Waals surface area contributed by atoms with Crippen LogP contribution in [0.5, 0.6) is 11.5 Å². The van der Waals surface area contributed by atoms with E-state index in [1.54, 1.807) is 62.8 Å². The molecule has 0 atom stereocenters. The Labute approximate surface area is 183 Å².